The van der Waals surface area contributed by atoms with Gasteiger partial charge in [0, 0.05) is 40.6 Å². The van der Waals surface area contributed by atoms with Crippen molar-refractivity contribution in [1.82, 2.24) is 10.3 Å². The topological polar surface area (TPSA) is 68.3 Å². The van der Waals surface area contributed by atoms with Gasteiger partial charge in [-0.15, -0.1) is 0 Å². The van der Waals surface area contributed by atoms with Crippen molar-refractivity contribution in [1.29, 1.82) is 0 Å². The Labute approximate surface area is 157 Å². The minimum Gasteiger partial charge on any atom is -0.376 e. The summed E-state index contributed by atoms with van der Waals surface area (Å²) in [5, 5.41) is 3.78. The quantitative estimate of drug-likeness (QED) is 0.827. The summed E-state index contributed by atoms with van der Waals surface area (Å²) in [6.45, 7) is 6.96. The van der Waals surface area contributed by atoms with Gasteiger partial charge in [0.15, 0.2) is 5.12 Å². The molecule has 26 heavy (non-hydrogen) atoms. The number of amides is 1. The predicted octanol–water partition coefficient (Wildman–Crippen LogP) is 3.81. The molecule has 3 rings (SSSR count). The van der Waals surface area contributed by atoms with Crippen LogP contribution >= 0.6 is 11.8 Å². The van der Waals surface area contributed by atoms with Crippen molar-refractivity contribution in [2.75, 3.05) is 13.2 Å². The van der Waals surface area contributed by atoms with Crippen molar-refractivity contribution in [3.8, 4) is 0 Å². The highest BCUT2D eigenvalue weighted by atomic mass is 32.2. The van der Waals surface area contributed by atoms with E-state index >= 15 is 0 Å². The SMILES string of the molecule is CC(C)(C)C(=O)Sc1ccc(C(=O)NCC2CCCO2)c2cccnc12. The lowest BCUT2D eigenvalue weighted by Gasteiger charge is -2.17. The third-order valence-corrected chi connectivity index (χ3v) is 5.65. The Bertz CT molecular complexity index is 823. The van der Waals surface area contributed by atoms with Crippen LogP contribution in [0.1, 0.15) is 44.0 Å². The van der Waals surface area contributed by atoms with E-state index in [1.165, 1.54) is 11.8 Å². The normalized spacial score (nSPS) is 17.4. The average molecular weight is 372 g/mol. The molecule has 1 amide bonds. The number of pyridine rings is 1. The standard InChI is InChI=1S/C20H24N2O3S/c1-20(2,3)19(24)26-16-9-8-15(14-7-4-10-21-17(14)16)18(23)22-12-13-6-5-11-25-13/h4,7-10,13H,5-6,11-12H2,1-3H3,(H,22,23). The van der Waals surface area contributed by atoms with Crippen LogP contribution in [0.25, 0.3) is 10.9 Å². The molecule has 0 saturated carbocycles. The third-order valence-electron chi connectivity index (χ3n) is 4.31. The third kappa shape index (κ3) is 4.24. The van der Waals surface area contributed by atoms with Crippen molar-refractivity contribution < 1.29 is 14.3 Å². The first-order valence-electron chi connectivity index (χ1n) is 8.86. The molecule has 1 atom stereocenters. The number of hydrogen-bond donors (Lipinski definition) is 1. The Morgan fingerprint density at radius 1 is 1.31 bits per heavy atom. The van der Waals surface area contributed by atoms with E-state index in [4.69, 9.17) is 4.74 Å². The molecule has 2 heterocycles. The Hall–Kier alpha value is -1.92. The fourth-order valence-electron chi connectivity index (χ4n) is 2.79. The molecule has 0 aliphatic carbocycles. The maximum Gasteiger partial charge on any atom is 0.252 e. The van der Waals surface area contributed by atoms with Gasteiger partial charge < -0.3 is 10.1 Å². The summed E-state index contributed by atoms with van der Waals surface area (Å²) in [6, 6.07) is 7.26. The van der Waals surface area contributed by atoms with E-state index in [2.05, 4.69) is 10.3 Å². The molecule has 0 spiro atoms. The second-order valence-electron chi connectivity index (χ2n) is 7.50. The number of nitrogens with zero attached hydrogens (tertiary/aromatic N) is 1. The number of nitrogens with one attached hydrogen (secondary N) is 1. The molecule has 1 aromatic carbocycles. The number of aromatic nitrogens is 1. The smallest absolute Gasteiger partial charge is 0.252 e. The van der Waals surface area contributed by atoms with E-state index < -0.39 is 5.41 Å². The highest BCUT2D eigenvalue weighted by Gasteiger charge is 2.24. The maximum absolute atomic E-state index is 12.6. The number of carbonyl (C=O) groups is 2. The van der Waals surface area contributed by atoms with Crippen LogP contribution in [-0.4, -0.2) is 35.3 Å². The summed E-state index contributed by atoms with van der Waals surface area (Å²) >= 11 is 1.18. The van der Waals surface area contributed by atoms with Crippen molar-refractivity contribution >= 4 is 33.7 Å². The van der Waals surface area contributed by atoms with E-state index in [1.807, 2.05) is 32.9 Å². The number of fused-ring (bicyclic) bond motifs is 1. The predicted molar refractivity (Wildman–Crippen MR) is 103 cm³/mol. The van der Waals surface area contributed by atoms with Gasteiger partial charge >= 0.3 is 0 Å². The monoisotopic (exact) mass is 372 g/mol. The van der Waals surface area contributed by atoms with Crippen molar-refractivity contribution in [3.05, 3.63) is 36.0 Å². The average Bonchev–Trinajstić information content (AvgIpc) is 3.12. The molecule has 1 aromatic heterocycles. The summed E-state index contributed by atoms with van der Waals surface area (Å²) in [7, 11) is 0. The molecule has 0 bridgehead atoms. The number of hydrogen-bond acceptors (Lipinski definition) is 5. The minimum atomic E-state index is -0.441. The largest absolute Gasteiger partial charge is 0.376 e. The maximum atomic E-state index is 12.6. The summed E-state index contributed by atoms with van der Waals surface area (Å²) in [4.78, 5) is 30.2. The van der Waals surface area contributed by atoms with Crippen molar-refractivity contribution in [2.24, 2.45) is 5.41 Å². The molecule has 1 N–H and O–H groups in total. The molecule has 1 fully saturated rings. The van der Waals surface area contributed by atoms with E-state index in [0.29, 0.717) is 17.6 Å². The first-order chi connectivity index (χ1) is 12.4. The zero-order chi connectivity index (χ0) is 18.7. The zero-order valence-corrected chi connectivity index (χ0v) is 16.2. The summed E-state index contributed by atoms with van der Waals surface area (Å²) < 4.78 is 5.55. The van der Waals surface area contributed by atoms with Crippen LogP contribution in [0.2, 0.25) is 0 Å². The van der Waals surface area contributed by atoms with E-state index in [0.717, 1.165) is 29.7 Å². The molecule has 138 valence electrons. The lowest BCUT2D eigenvalue weighted by molar-refractivity contribution is -0.117. The lowest BCUT2D eigenvalue weighted by atomic mass is 10.00. The van der Waals surface area contributed by atoms with Gasteiger partial charge in [0.2, 0.25) is 0 Å². The Morgan fingerprint density at radius 3 is 2.81 bits per heavy atom. The molecule has 0 radical (unpaired) electrons. The van der Waals surface area contributed by atoms with Crippen molar-refractivity contribution in [3.63, 3.8) is 0 Å². The number of rotatable bonds is 4. The van der Waals surface area contributed by atoms with Gasteiger partial charge in [-0.1, -0.05) is 26.8 Å². The Kier molecular flexibility index (Phi) is 5.63. The van der Waals surface area contributed by atoms with Crippen LogP contribution in [0.5, 0.6) is 0 Å². The minimum absolute atomic E-state index is 0.0695. The molecule has 1 aliphatic rings. The molecule has 5 nitrogen and oxygen atoms in total. The van der Waals surface area contributed by atoms with E-state index in [-0.39, 0.29) is 17.1 Å². The molecule has 1 aliphatic heterocycles. The first kappa shape index (κ1) is 18.9. The van der Waals surface area contributed by atoms with E-state index in [9.17, 15) is 9.59 Å². The molecule has 2 aromatic rings. The van der Waals surface area contributed by atoms with Crippen LogP contribution in [-0.2, 0) is 9.53 Å². The van der Waals surface area contributed by atoms with Crippen LogP contribution < -0.4 is 5.32 Å². The number of ether oxygens (including phenoxy) is 1. The Balaban J connectivity index is 1.85. The highest BCUT2D eigenvalue weighted by Crippen LogP contribution is 2.34. The van der Waals surface area contributed by atoms with E-state index in [1.54, 1.807) is 18.3 Å². The fraction of sp³-hybridized carbons (Fsp3) is 0.450. The first-order valence-corrected chi connectivity index (χ1v) is 9.68. The Morgan fingerprint density at radius 2 is 2.12 bits per heavy atom. The second kappa shape index (κ2) is 7.76. The van der Waals surface area contributed by atoms with Gasteiger partial charge in [-0.25, -0.2) is 0 Å². The second-order valence-corrected chi connectivity index (χ2v) is 8.51. The highest BCUT2D eigenvalue weighted by molar-refractivity contribution is 8.13. The van der Waals surface area contributed by atoms with Gasteiger partial charge in [0.25, 0.3) is 5.91 Å². The molecule has 1 saturated heterocycles. The van der Waals surface area contributed by atoms with Gasteiger partial charge in [-0.05, 0) is 42.8 Å². The fourth-order valence-corrected chi connectivity index (χ4v) is 3.69. The number of benzene rings is 1. The molecular weight excluding hydrogens is 348 g/mol. The number of carbonyl (C=O) groups excluding carboxylic acids is 2. The van der Waals surface area contributed by atoms with Crippen LogP contribution in [0, 0.1) is 5.41 Å². The number of thioether (sulfide) groups is 1. The van der Waals surface area contributed by atoms with Gasteiger partial charge in [-0.3, -0.25) is 14.6 Å². The van der Waals surface area contributed by atoms with Gasteiger partial charge in [-0.2, -0.15) is 0 Å². The molecular formula is C20H24N2O3S. The van der Waals surface area contributed by atoms with Gasteiger partial charge in [0.1, 0.15) is 0 Å². The van der Waals surface area contributed by atoms with Gasteiger partial charge in [0.05, 0.1) is 11.6 Å². The van der Waals surface area contributed by atoms with Crippen LogP contribution in [0.15, 0.2) is 35.4 Å². The van der Waals surface area contributed by atoms with Crippen LogP contribution in [0.3, 0.4) is 0 Å². The summed E-state index contributed by atoms with van der Waals surface area (Å²) in [5.41, 5.74) is 0.807. The summed E-state index contributed by atoms with van der Waals surface area (Å²) in [6.07, 6.45) is 3.80. The zero-order valence-electron chi connectivity index (χ0n) is 15.4. The van der Waals surface area contributed by atoms with Crippen molar-refractivity contribution in [2.45, 2.75) is 44.6 Å². The molecule has 6 heteroatoms. The lowest BCUT2D eigenvalue weighted by Crippen LogP contribution is -2.31. The van der Waals surface area contributed by atoms with Crippen LogP contribution in [0.4, 0.5) is 0 Å². The molecule has 1 unspecified atom stereocenters. The summed E-state index contributed by atoms with van der Waals surface area (Å²) in [5.74, 6) is -0.141.